The number of nitrogens with zero attached hydrogens (tertiary/aromatic N) is 1. The number of carbonyl (C=O) groups is 1. The SMILES string of the molecule is CN(C(=O)C1Cc2cc(Cl)ccc2O1)C1CCCCC1O. The van der Waals surface area contributed by atoms with E-state index in [9.17, 15) is 9.90 Å². The van der Waals surface area contributed by atoms with E-state index in [2.05, 4.69) is 0 Å². The van der Waals surface area contributed by atoms with Crippen molar-refractivity contribution in [3.05, 3.63) is 28.8 Å². The van der Waals surface area contributed by atoms with Crippen LogP contribution in [0.2, 0.25) is 5.02 Å². The third kappa shape index (κ3) is 2.87. The maximum atomic E-state index is 12.6. The Labute approximate surface area is 129 Å². The van der Waals surface area contributed by atoms with Crippen LogP contribution in [-0.2, 0) is 11.2 Å². The van der Waals surface area contributed by atoms with Crippen LogP contribution in [0.15, 0.2) is 18.2 Å². The fraction of sp³-hybridized carbons (Fsp3) is 0.562. The maximum absolute atomic E-state index is 12.6. The summed E-state index contributed by atoms with van der Waals surface area (Å²) in [6, 6.07) is 5.32. The minimum absolute atomic E-state index is 0.0618. The van der Waals surface area contributed by atoms with Gasteiger partial charge in [-0.05, 0) is 36.6 Å². The molecule has 1 saturated carbocycles. The lowest BCUT2D eigenvalue weighted by molar-refractivity contribution is -0.142. The van der Waals surface area contributed by atoms with Crippen molar-refractivity contribution in [2.75, 3.05) is 7.05 Å². The molecule has 2 aliphatic rings. The standard InChI is InChI=1S/C16H20ClNO3/c1-18(12-4-2-3-5-13(12)19)16(20)15-9-10-8-11(17)6-7-14(10)21-15/h6-8,12-13,15,19H,2-5,9H2,1H3. The van der Waals surface area contributed by atoms with Crippen molar-refractivity contribution < 1.29 is 14.6 Å². The summed E-state index contributed by atoms with van der Waals surface area (Å²) in [5, 5.41) is 10.7. The number of likely N-dealkylation sites (N-methyl/N-ethyl adjacent to an activating group) is 1. The molecule has 21 heavy (non-hydrogen) atoms. The van der Waals surface area contributed by atoms with Crippen molar-refractivity contribution in [2.24, 2.45) is 0 Å². The first-order valence-electron chi connectivity index (χ1n) is 7.46. The topological polar surface area (TPSA) is 49.8 Å². The Kier molecular flexibility index (Phi) is 4.09. The van der Waals surface area contributed by atoms with E-state index in [1.807, 2.05) is 6.07 Å². The van der Waals surface area contributed by atoms with Crippen LogP contribution in [0.4, 0.5) is 0 Å². The summed E-state index contributed by atoms with van der Waals surface area (Å²) in [4.78, 5) is 14.3. The van der Waals surface area contributed by atoms with Crippen LogP contribution in [0, 0.1) is 0 Å². The molecular weight excluding hydrogens is 290 g/mol. The molecule has 1 fully saturated rings. The molecule has 1 heterocycles. The van der Waals surface area contributed by atoms with Gasteiger partial charge in [0.25, 0.3) is 5.91 Å². The van der Waals surface area contributed by atoms with Gasteiger partial charge in [0.15, 0.2) is 6.10 Å². The maximum Gasteiger partial charge on any atom is 0.264 e. The average molecular weight is 310 g/mol. The predicted molar refractivity (Wildman–Crippen MR) is 80.6 cm³/mol. The Hall–Kier alpha value is -1.26. The van der Waals surface area contributed by atoms with E-state index in [0.717, 1.165) is 37.0 Å². The smallest absolute Gasteiger partial charge is 0.264 e. The molecule has 3 rings (SSSR count). The quantitative estimate of drug-likeness (QED) is 0.912. The first-order valence-corrected chi connectivity index (χ1v) is 7.84. The lowest BCUT2D eigenvalue weighted by Crippen LogP contribution is -2.50. The van der Waals surface area contributed by atoms with Crippen molar-refractivity contribution in [1.29, 1.82) is 0 Å². The van der Waals surface area contributed by atoms with Crippen LogP contribution in [0.3, 0.4) is 0 Å². The van der Waals surface area contributed by atoms with Crippen molar-refractivity contribution in [2.45, 2.75) is 50.4 Å². The highest BCUT2D eigenvalue weighted by molar-refractivity contribution is 6.30. The van der Waals surface area contributed by atoms with Crippen LogP contribution < -0.4 is 4.74 Å². The summed E-state index contributed by atoms with van der Waals surface area (Å²) < 4.78 is 5.74. The molecule has 3 atom stereocenters. The van der Waals surface area contributed by atoms with Gasteiger partial charge >= 0.3 is 0 Å². The minimum Gasteiger partial charge on any atom is -0.480 e. The van der Waals surface area contributed by atoms with Crippen LogP contribution >= 0.6 is 11.6 Å². The zero-order chi connectivity index (χ0) is 15.0. The summed E-state index contributed by atoms with van der Waals surface area (Å²) in [6.07, 6.45) is 3.33. The van der Waals surface area contributed by atoms with Crippen LogP contribution in [0.5, 0.6) is 5.75 Å². The van der Waals surface area contributed by atoms with Gasteiger partial charge in [-0.3, -0.25) is 4.79 Å². The van der Waals surface area contributed by atoms with Crippen molar-refractivity contribution in [3.63, 3.8) is 0 Å². The highest BCUT2D eigenvalue weighted by Gasteiger charge is 2.36. The lowest BCUT2D eigenvalue weighted by Gasteiger charge is -2.36. The normalized spacial score (nSPS) is 27.9. The van der Waals surface area contributed by atoms with Gasteiger partial charge < -0.3 is 14.7 Å². The van der Waals surface area contributed by atoms with E-state index in [-0.39, 0.29) is 11.9 Å². The highest BCUT2D eigenvalue weighted by atomic mass is 35.5. The van der Waals surface area contributed by atoms with E-state index >= 15 is 0 Å². The molecule has 0 bridgehead atoms. The monoisotopic (exact) mass is 309 g/mol. The predicted octanol–water partition coefficient (Wildman–Crippen LogP) is 2.41. The summed E-state index contributed by atoms with van der Waals surface area (Å²) in [5.41, 5.74) is 0.971. The number of hydrogen-bond donors (Lipinski definition) is 1. The third-order valence-electron chi connectivity index (χ3n) is 4.51. The number of ether oxygens (including phenoxy) is 1. The van der Waals surface area contributed by atoms with Crippen molar-refractivity contribution in [1.82, 2.24) is 4.90 Å². The molecule has 0 spiro atoms. The molecule has 114 valence electrons. The average Bonchev–Trinajstić information content (AvgIpc) is 2.89. The summed E-state index contributed by atoms with van der Waals surface area (Å²) in [6.45, 7) is 0. The minimum atomic E-state index is -0.502. The van der Waals surface area contributed by atoms with E-state index < -0.39 is 12.2 Å². The van der Waals surface area contributed by atoms with Crippen molar-refractivity contribution in [3.8, 4) is 5.75 Å². The Bertz CT molecular complexity index is 548. The van der Waals surface area contributed by atoms with Crippen LogP contribution in [0.1, 0.15) is 31.2 Å². The molecule has 5 heteroatoms. The number of aliphatic hydroxyl groups excluding tert-OH is 1. The number of benzene rings is 1. The van der Waals surface area contributed by atoms with E-state index in [1.165, 1.54) is 0 Å². The number of halogens is 1. The number of aliphatic hydroxyl groups is 1. The number of fused-ring (bicyclic) bond motifs is 1. The van der Waals surface area contributed by atoms with E-state index in [4.69, 9.17) is 16.3 Å². The summed E-state index contributed by atoms with van der Waals surface area (Å²) in [5.74, 6) is 0.670. The second kappa shape index (κ2) is 5.85. The zero-order valence-electron chi connectivity index (χ0n) is 12.1. The van der Waals surface area contributed by atoms with Gasteiger partial charge in [0, 0.05) is 18.5 Å². The molecule has 1 aliphatic heterocycles. The molecular formula is C16H20ClNO3. The molecule has 0 saturated heterocycles. The number of hydrogen-bond acceptors (Lipinski definition) is 3. The molecule has 1 aromatic carbocycles. The fourth-order valence-electron chi connectivity index (χ4n) is 3.29. The molecule has 1 N–H and O–H groups in total. The molecule has 0 radical (unpaired) electrons. The highest BCUT2D eigenvalue weighted by Crippen LogP contribution is 2.32. The van der Waals surface area contributed by atoms with Gasteiger partial charge in [0.1, 0.15) is 5.75 Å². The van der Waals surface area contributed by atoms with E-state index in [1.54, 1.807) is 24.1 Å². The number of amides is 1. The summed E-state index contributed by atoms with van der Waals surface area (Å²) in [7, 11) is 1.76. The molecule has 0 aromatic heterocycles. The Morgan fingerprint density at radius 1 is 1.38 bits per heavy atom. The molecule has 1 amide bonds. The molecule has 3 unspecified atom stereocenters. The second-order valence-electron chi connectivity index (χ2n) is 5.93. The number of rotatable bonds is 2. The fourth-order valence-corrected chi connectivity index (χ4v) is 3.48. The zero-order valence-corrected chi connectivity index (χ0v) is 12.8. The first kappa shape index (κ1) is 14.7. The Morgan fingerprint density at radius 2 is 2.14 bits per heavy atom. The first-order chi connectivity index (χ1) is 10.1. The van der Waals surface area contributed by atoms with Gasteiger partial charge in [-0.25, -0.2) is 0 Å². The molecule has 1 aromatic rings. The van der Waals surface area contributed by atoms with Gasteiger partial charge in [0.05, 0.1) is 12.1 Å². The van der Waals surface area contributed by atoms with Crippen LogP contribution in [0.25, 0.3) is 0 Å². The van der Waals surface area contributed by atoms with Crippen LogP contribution in [-0.4, -0.2) is 41.2 Å². The lowest BCUT2D eigenvalue weighted by atomic mass is 9.91. The third-order valence-corrected chi connectivity index (χ3v) is 4.75. The van der Waals surface area contributed by atoms with Crippen molar-refractivity contribution >= 4 is 17.5 Å². The van der Waals surface area contributed by atoms with Gasteiger partial charge in [-0.15, -0.1) is 0 Å². The van der Waals surface area contributed by atoms with Gasteiger partial charge in [0.2, 0.25) is 0 Å². The number of carbonyl (C=O) groups excluding carboxylic acids is 1. The summed E-state index contributed by atoms with van der Waals surface area (Å²) >= 11 is 5.97. The van der Waals surface area contributed by atoms with E-state index in [0.29, 0.717) is 11.4 Å². The van der Waals surface area contributed by atoms with Gasteiger partial charge in [-0.1, -0.05) is 24.4 Å². The largest absolute Gasteiger partial charge is 0.480 e. The molecule has 4 nitrogen and oxygen atoms in total. The second-order valence-corrected chi connectivity index (χ2v) is 6.37. The Morgan fingerprint density at radius 3 is 2.90 bits per heavy atom. The van der Waals surface area contributed by atoms with Gasteiger partial charge in [-0.2, -0.15) is 0 Å². The molecule has 1 aliphatic carbocycles. The Balaban J connectivity index is 1.69.